The summed E-state index contributed by atoms with van der Waals surface area (Å²) < 4.78 is 33.3. The van der Waals surface area contributed by atoms with Crippen LogP contribution < -0.4 is 0 Å². The molecule has 0 fully saturated rings. The van der Waals surface area contributed by atoms with Crippen molar-refractivity contribution in [3.05, 3.63) is 30.0 Å². The molecule has 0 bridgehead atoms. The molecule has 0 N–H and O–H groups in total. The molecule has 0 saturated heterocycles. The molecule has 3 heteroatoms. The Hall–Kier alpha value is -1.38. The molecule has 1 aromatic rings. The zero-order valence-corrected chi connectivity index (χ0v) is 5.26. The van der Waals surface area contributed by atoms with Crippen LogP contribution in [0.25, 0.3) is 0 Å². The van der Waals surface area contributed by atoms with Crippen molar-refractivity contribution in [2.45, 2.75) is 0 Å². The van der Waals surface area contributed by atoms with Gasteiger partial charge in [0.05, 0.1) is 18.2 Å². The van der Waals surface area contributed by atoms with Gasteiger partial charge in [-0.05, 0) is 12.1 Å². The first-order valence-electron chi connectivity index (χ1n) is 4.51. The highest BCUT2D eigenvalue weighted by atomic mass is 16.5. The standard InChI is InChI=1S/C7H7NO2/c1-10-7(9)6-2-4-8-5-3-6/h2-5H,1H3/i2D,3D,4D,5D. The molecular weight excluding hydrogens is 130 g/mol. The van der Waals surface area contributed by atoms with E-state index >= 15 is 0 Å². The maximum Gasteiger partial charge on any atom is 0.337 e. The van der Waals surface area contributed by atoms with Gasteiger partial charge in [0.15, 0.2) is 0 Å². The minimum Gasteiger partial charge on any atom is -0.465 e. The molecule has 0 aliphatic rings. The fourth-order valence-corrected chi connectivity index (χ4v) is 0.431. The number of esters is 1. The van der Waals surface area contributed by atoms with Crippen LogP contribution in [0.1, 0.15) is 15.8 Å². The summed E-state index contributed by atoms with van der Waals surface area (Å²) in [5, 5.41) is 0. The topological polar surface area (TPSA) is 39.2 Å². The van der Waals surface area contributed by atoms with E-state index in [2.05, 4.69) is 9.72 Å². The number of ether oxygens (including phenoxy) is 1. The number of methoxy groups -OCH3 is 1. The summed E-state index contributed by atoms with van der Waals surface area (Å²) in [6.45, 7) is 0. The summed E-state index contributed by atoms with van der Waals surface area (Å²) in [5.41, 5.74) is -0.391. The van der Waals surface area contributed by atoms with Gasteiger partial charge >= 0.3 is 5.97 Å². The average molecular weight is 141 g/mol. The lowest BCUT2D eigenvalue weighted by Gasteiger charge is -1.95. The molecule has 0 atom stereocenters. The molecule has 0 unspecified atom stereocenters. The predicted octanol–water partition coefficient (Wildman–Crippen LogP) is 0.868. The monoisotopic (exact) mass is 141 g/mol. The van der Waals surface area contributed by atoms with E-state index < -0.39 is 36.0 Å². The Kier molecular flexibility index (Phi) is 0.931. The number of carbonyl (C=O) groups excluding carboxylic acids is 1. The quantitative estimate of drug-likeness (QED) is 0.545. The molecule has 0 aromatic carbocycles. The normalized spacial score (nSPS) is 14.5. The van der Waals surface area contributed by atoms with Crippen LogP contribution in [0.4, 0.5) is 0 Å². The van der Waals surface area contributed by atoms with Gasteiger partial charge in [-0.3, -0.25) is 4.98 Å². The van der Waals surface area contributed by atoms with Crippen LogP contribution in [-0.2, 0) is 4.74 Å². The second kappa shape index (κ2) is 2.96. The number of hydrogen-bond acceptors (Lipinski definition) is 3. The van der Waals surface area contributed by atoms with Crippen molar-refractivity contribution in [1.82, 2.24) is 4.98 Å². The van der Waals surface area contributed by atoms with Gasteiger partial charge in [-0.1, -0.05) is 0 Å². The summed E-state index contributed by atoms with van der Waals surface area (Å²) in [7, 11) is 1.11. The van der Waals surface area contributed by atoms with E-state index in [-0.39, 0.29) is 0 Å². The first kappa shape index (κ1) is 3.14. The first-order chi connectivity index (χ1) is 6.49. The molecule has 3 nitrogen and oxygen atoms in total. The first-order valence-corrected chi connectivity index (χ1v) is 2.51. The summed E-state index contributed by atoms with van der Waals surface area (Å²) in [6, 6.07) is -0.976. The van der Waals surface area contributed by atoms with E-state index in [0.717, 1.165) is 7.11 Å². The van der Waals surface area contributed by atoms with Gasteiger partial charge in [-0.15, -0.1) is 0 Å². The van der Waals surface area contributed by atoms with Crippen molar-refractivity contribution in [3.8, 4) is 0 Å². The average Bonchev–Trinajstić information content (AvgIpc) is 2.15. The molecule has 52 valence electrons. The van der Waals surface area contributed by atoms with E-state index in [1.165, 1.54) is 0 Å². The van der Waals surface area contributed by atoms with Crippen LogP contribution in [0.2, 0.25) is 0 Å². The summed E-state index contributed by atoms with van der Waals surface area (Å²) in [6.07, 6.45) is -1.02. The summed E-state index contributed by atoms with van der Waals surface area (Å²) in [4.78, 5) is 14.4. The Labute approximate surface area is 64.3 Å². The van der Waals surface area contributed by atoms with E-state index in [1.807, 2.05) is 0 Å². The van der Waals surface area contributed by atoms with Crippen LogP contribution in [0.5, 0.6) is 0 Å². The van der Waals surface area contributed by atoms with Crippen LogP contribution in [0.15, 0.2) is 24.4 Å². The Balaban J connectivity index is 3.47. The highest BCUT2D eigenvalue weighted by Gasteiger charge is 2.01. The van der Waals surface area contributed by atoms with Crippen molar-refractivity contribution in [3.63, 3.8) is 0 Å². The van der Waals surface area contributed by atoms with Gasteiger partial charge < -0.3 is 4.74 Å². The number of rotatable bonds is 1. The van der Waals surface area contributed by atoms with Gasteiger partial charge in [0.2, 0.25) is 0 Å². The zero-order chi connectivity index (χ0) is 10.9. The maximum atomic E-state index is 11.1. The second-order valence-corrected chi connectivity index (χ2v) is 1.45. The van der Waals surface area contributed by atoms with Gasteiger partial charge in [0.1, 0.15) is 0 Å². The van der Waals surface area contributed by atoms with E-state index in [9.17, 15) is 4.79 Å². The predicted molar refractivity (Wildman–Crippen MR) is 35.6 cm³/mol. The lowest BCUT2D eigenvalue weighted by atomic mass is 10.3. The molecule has 0 spiro atoms. The highest BCUT2D eigenvalue weighted by molar-refractivity contribution is 5.88. The van der Waals surface area contributed by atoms with Crippen LogP contribution in [0.3, 0.4) is 0 Å². The molecule has 0 aliphatic heterocycles. The Morgan fingerprint density at radius 3 is 2.80 bits per heavy atom. The third-order valence-corrected chi connectivity index (χ3v) is 0.863. The summed E-state index contributed by atoms with van der Waals surface area (Å²) in [5.74, 6) is -0.899. The van der Waals surface area contributed by atoms with Crippen LogP contribution >= 0.6 is 0 Å². The smallest absolute Gasteiger partial charge is 0.337 e. The van der Waals surface area contributed by atoms with E-state index in [0.29, 0.717) is 0 Å². The van der Waals surface area contributed by atoms with E-state index in [4.69, 9.17) is 5.48 Å². The fraction of sp³-hybridized carbons (Fsp3) is 0.143. The van der Waals surface area contributed by atoms with Crippen molar-refractivity contribution >= 4 is 5.97 Å². The van der Waals surface area contributed by atoms with Crippen molar-refractivity contribution in [2.24, 2.45) is 0 Å². The lowest BCUT2D eigenvalue weighted by molar-refractivity contribution is 0.0600. The number of aromatic nitrogens is 1. The minimum atomic E-state index is -0.899. The van der Waals surface area contributed by atoms with Crippen molar-refractivity contribution < 1.29 is 15.0 Å². The number of carbonyl (C=O) groups is 1. The van der Waals surface area contributed by atoms with Crippen molar-refractivity contribution in [2.75, 3.05) is 7.11 Å². The minimum absolute atomic E-state index is 0.391. The summed E-state index contributed by atoms with van der Waals surface area (Å²) >= 11 is 0. The lowest BCUT2D eigenvalue weighted by Crippen LogP contribution is -2.00. The van der Waals surface area contributed by atoms with E-state index in [1.54, 1.807) is 0 Å². The third kappa shape index (κ3) is 1.31. The maximum absolute atomic E-state index is 11.1. The zero-order valence-electron chi connectivity index (χ0n) is 9.26. The number of pyridine rings is 1. The SMILES string of the molecule is [2H]c1nc([2H])c([2H])c(C(=O)OC)c1[2H]. The third-order valence-electron chi connectivity index (χ3n) is 0.863. The van der Waals surface area contributed by atoms with Crippen LogP contribution in [0, 0.1) is 0 Å². The van der Waals surface area contributed by atoms with Crippen LogP contribution in [-0.4, -0.2) is 18.1 Å². The van der Waals surface area contributed by atoms with Gasteiger partial charge in [-0.25, -0.2) is 4.79 Å². The van der Waals surface area contributed by atoms with Crippen molar-refractivity contribution in [1.29, 1.82) is 0 Å². The molecule has 1 aromatic heterocycles. The fourth-order valence-electron chi connectivity index (χ4n) is 0.431. The molecule has 0 radical (unpaired) electrons. The largest absolute Gasteiger partial charge is 0.465 e. The Morgan fingerprint density at radius 1 is 1.70 bits per heavy atom. The Morgan fingerprint density at radius 2 is 2.30 bits per heavy atom. The van der Waals surface area contributed by atoms with Gasteiger partial charge in [0, 0.05) is 12.3 Å². The molecule has 10 heavy (non-hydrogen) atoms. The molecule has 0 amide bonds. The molecular formula is C7H7NO2. The second-order valence-electron chi connectivity index (χ2n) is 1.45. The van der Waals surface area contributed by atoms with Gasteiger partial charge in [-0.2, -0.15) is 0 Å². The highest BCUT2D eigenvalue weighted by Crippen LogP contribution is 1.96. The van der Waals surface area contributed by atoms with Gasteiger partial charge in [0.25, 0.3) is 0 Å². The molecule has 1 rings (SSSR count). The molecule has 1 heterocycles. The number of nitrogens with zero attached hydrogens (tertiary/aromatic N) is 1. The molecule has 0 saturated carbocycles. The molecule has 0 aliphatic carbocycles. The Bertz CT molecular complexity index is 368. The number of hydrogen-bond donors (Lipinski definition) is 0.